The van der Waals surface area contributed by atoms with E-state index in [1.54, 1.807) is 6.08 Å². The Morgan fingerprint density at radius 3 is 2.57 bits per heavy atom. The van der Waals surface area contributed by atoms with Gasteiger partial charge < -0.3 is 20.4 Å². The fourth-order valence-corrected chi connectivity index (χ4v) is 7.96. The van der Waals surface area contributed by atoms with Gasteiger partial charge in [-0.1, -0.05) is 19.4 Å². The molecule has 0 aromatic heterocycles. The lowest BCUT2D eigenvalue weighted by Gasteiger charge is -2.62. The molecule has 4 aliphatic rings. The van der Waals surface area contributed by atoms with Gasteiger partial charge in [-0.15, -0.1) is 0 Å². The lowest BCUT2D eigenvalue weighted by atomic mass is 9.43. The molecule has 0 bridgehead atoms. The molecule has 0 heterocycles. The van der Waals surface area contributed by atoms with E-state index in [0.29, 0.717) is 12.8 Å². The number of aliphatic hydroxyl groups excluding tert-OH is 2. The molecular weight excluding hydrogens is 388 g/mol. The highest BCUT2D eigenvalue weighted by molar-refractivity contribution is 5.92. The second-order valence-electron chi connectivity index (χ2n) is 10.4. The molecule has 4 N–H and O–H groups in total. The number of hydrogen-bond acceptors (Lipinski definition) is 6. The maximum absolute atomic E-state index is 12.5. The molecule has 0 spiro atoms. The van der Waals surface area contributed by atoms with Crippen molar-refractivity contribution >= 4 is 17.5 Å². The second-order valence-corrected chi connectivity index (χ2v) is 10.4. The van der Waals surface area contributed by atoms with Gasteiger partial charge >= 0.3 is 5.97 Å². The lowest BCUT2D eigenvalue weighted by Crippen LogP contribution is -2.63. The number of allylic oxidation sites excluding steroid dienone is 1. The Hall–Kier alpha value is -1.57. The Morgan fingerprint density at radius 2 is 1.93 bits per heavy atom. The normalized spacial score (nSPS) is 47.7. The molecule has 3 saturated carbocycles. The van der Waals surface area contributed by atoms with Gasteiger partial charge in [0.15, 0.2) is 11.6 Å². The lowest BCUT2D eigenvalue weighted by molar-refractivity contribution is -0.187. The van der Waals surface area contributed by atoms with E-state index in [4.69, 9.17) is 0 Å². The number of carboxylic acid groups (broad SMARTS) is 1. The number of rotatable bonds is 4. The van der Waals surface area contributed by atoms with E-state index < -0.39 is 40.9 Å². The fourth-order valence-electron chi connectivity index (χ4n) is 7.96. The summed E-state index contributed by atoms with van der Waals surface area (Å²) in [7, 11) is 0. The smallest absolute Gasteiger partial charge is 0.303 e. The molecule has 0 saturated heterocycles. The number of Topliss-reactive ketones (excluding diaryl/α,β-unsaturated/α-hetero) is 1. The highest BCUT2D eigenvalue weighted by Crippen LogP contribution is 2.68. The second kappa shape index (κ2) is 6.97. The first kappa shape index (κ1) is 21.7. The predicted molar refractivity (Wildman–Crippen MR) is 106 cm³/mol. The van der Waals surface area contributed by atoms with Crippen LogP contribution in [0.3, 0.4) is 0 Å². The van der Waals surface area contributed by atoms with Crippen molar-refractivity contribution in [3.63, 3.8) is 0 Å². The summed E-state index contributed by atoms with van der Waals surface area (Å²) in [6.45, 7) is 3.13. The highest BCUT2D eigenvalue weighted by Gasteiger charge is 2.69. The molecule has 7 nitrogen and oxygen atoms in total. The average Bonchev–Trinajstić information content (AvgIpc) is 2.93. The quantitative estimate of drug-likeness (QED) is 0.542. The van der Waals surface area contributed by atoms with Crippen LogP contribution in [0.4, 0.5) is 0 Å². The zero-order chi connectivity index (χ0) is 22.1. The molecule has 4 aliphatic carbocycles. The van der Waals surface area contributed by atoms with E-state index in [9.17, 15) is 34.8 Å². The molecular formula is C23H32O7. The zero-order valence-corrected chi connectivity index (χ0v) is 17.6. The third-order valence-corrected chi connectivity index (χ3v) is 9.39. The molecule has 30 heavy (non-hydrogen) atoms. The molecule has 0 aromatic carbocycles. The minimum Gasteiger partial charge on any atom is -0.481 e. The van der Waals surface area contributed by atoms with E-state index in [2.05, 4.69) is 0 Å². The van der Waals surface area contributed by atoms with Crippen LogP contribution >= 0.6 is 0 Å². The van der Waals surface area contributed by atoms with Crippen LogP contribution < -0.4 is 0 Å². The Bertz CT molecular complexity index is 818. The van der Waals surface area contributed by atoms with E-state index in [0.717, 1.165) is 12.0 Å². The van der Waals surface area contributed by atoms with Crippen molar-refractivity contribution < 1.29 is 34.8 Å². The number of carboxylic acids is 1. The van der Waals surface area contributed by atoms with Crippen molar-refractivity contribution in [1.29, 1.82) is 0 Å². The average molecular weight is 421 g/mol. The Balaban J connectivity index is 1.77. The Labute approximate surface area is 176 Å². The summed E-state index contributed by atoms with van der Waals surface area (Å²) in [4.78, 5) is 36.3. The van der Waals surface area contributed by atoms with Crippen LogP contribution in [0.25, 0.3) is 0 Å². The summed E-state index contributed by atoms with van der Waals surface area (Å²) in [5.74, 6) is -2.18. The third-order valence-electron chi connectivity index (χ3n) is 9.39. The summed E-state index contributed by atoms with van der Waals surface area (Å²) in [5, 5.41) is 41.6. The minimum atomic E-state index is -1.65. The molecule has 0 aromatic rings. The number of aliphatic carboxylic acids is 1. The number of carbonyl (C=O) groups excluding carboxylic acids is 2. The van der Waals surface area contributed by atoms with Gasteiger partial charge in [0.1, 0.15) is 12.2 Å². The SMILES string of the molecule is C[C@]12C[C@H](O)[C@H]3[C@@H](CCC4=CC(=O)CC(CC(=O)O)[C@@]43C)[C@@H]1CC[C@]2(O)C(=O)CO. The van der Waals surface area contributed by atoms with Crippen molar-refractivity contribution in [2.45, 2.75) is 70.5 Å². The van der Waals surface area contributed by atoms with Crippen LogP contribution in [0, 0.1) is 34.5 Å². The first-order valence-electron chi connectivity index (χ1n) is 11.0. The number of aliphatic hydroxyl groups is 3. The molecule has 0 amide bonds. The largest absolute Gasteiger partial charge is 0.481 e. The summed E-state index contributed by atoms with van der Waals surface area (Å²) < 4.78 is 0. The molecule has 8 atom stereocenters. The van der Waals surface area contributed by atoms with Crippen LogP contribution in [-0.4, -0.2) is 56.3 Å². The highest BCUT2D eigenvalue weighted by atomic mass is 16.4. The molecule has 7 heteroatoms. The third kappa shape index (κ3) is 2.71. The monoisotopic (exact) mass is 420 g/mol. The van der Waals surface area contributed by atoms with Gasteiger partial charge in [-0.25, -0.2) is 0 Å². The van der Waals surface area contributed by atoms with Crippen molar-refractivity contribution in [2.24, 2.45) is 34.5 Å². The van der Waals surface area contributed by atoms with Crippen molar-refractivity contribution in [3.05, 3.63) is 11.6 Å². The van der Waals surface area contributed by atoms with E-state index >= 15 is 0 Å². The predicted octanol–water partition coefficient (Wildman–Crippen LogP) is 1.48. The van der Waals surface area contributed by atoms with Gasteiger partial charge in [0, 0.05) is 18.3 Å². The van der Waals surface area contributed by atoms with E-state index in [-0.39, 0.29) is 55.1 Å². The zero-order valence-electron chi connectivity index (χ0n) is 17.6. The maximum atomic E-state index is 12.5. The van der Waals surface area contributed by atoms with Gasteiger partial charge in [0.2, 0.25) is 0 Å². The molecule has 3 fully saturated rings. The molecule has 166 valence electrons. The van der Waals surface area contributed by atoms with Crippen molar-refractivity contribution in [2.75, 3.05) is 6.61 Å². The summed E-state index contributed by atoms with van der Waals surface area (Å²) >= 11 is 0. The molecule has 0 radical (unpaired) electrons. The summed E-state index contributed by atoms with van der Waals surface area (Å²) in [6.07, 6.45) is 3.38. The van der Waals surface area contributed by atoms with Crippen LogP contribution in [0.15, 0.2) is 11.6 Å². The molecule has 1 unspecified atom stereocenters. The summed E-state index contributed by atoms with van der Waals surface area (Å²) in [5.41, 5.74) is -2.15. The van der Waals surface area contributed by atoms with Gasteiger partial charge in [0.05, 0.1) is 6.10 Å². The number of carbonyl (C=O) groups is 3. The van der Waals surface area contributed by atoms with Gasteiger partial charge in [-0.2, -0.15) is 0 Å². The Kier molecular flexibility index (Phi) is 5.03. The standard InChI is InChI=1S/C23H32O7/c1-21-10-17(26)20-15(16(21)5-6-23(21,30)18(27)11-24)4-3-12-7-14(25)8-13(9-19(28)29)22(12,20)2/h7,13,15-17,20,24,26,30H,3-6,8-11H2,1-2H3,(H,28,29)/t13?,15-,16-,17-,20+,21-,22+,23-/m0/s1. The minimum absolute atomic E-state index is 0.00659. The van der Waals surface area contributed by atoms with E-state index in [1.807, 2.05) is 13.8 Å². The van der Waals surface area contributed by atoms with Crippen LogP contribution in [0.1, 0.15) is 58.8 Å². The maximum Gasteiger partial charge on any atom is 0.303 e. The Morgan fingerprint density at radius 1 is 1.23 bits per heavy atom. The first-order chi connectivity index (χ1) is 14.0. The van der Waals surface area contributed by atoms with Crippen LogP contribution in [-0.2, 0) is 14.4 Å². The number of hydrogen-bond donors (Lipinski definition) is 4. The topological polar surface area (TPSA) is 132 Å². The number of ketones is 2. The van der Waals surface area contributed by atoms with Gasteiger partial charge in [-0.05, 0) is 67.3 Å². The fraction of sp³-hybridized carbons (Fsp3) is 0.783. The molecule has 4 rings (SSSR count). The van der Waals surface area contributed by atoms with E-state index in [1.165, 1.54) is 0 Å². The van der Waals surface area contributed by atoms with Crippen LogP contribution in [0.2, 0.25) is 0 Å². The van der Waals surface area contributed by atoms with Crippen molar-refractivity contribution in [1.82, 2.24) is 0 Å². The molecule has 0 aliphatic heterocycles. The van der Waals surface area contributed by atoms with Gasteiger partial charge in [-0.3, -0.25) is 14.4 Å². The number of fused-ring (bicyclic) bond motifs is 5. The van der Waals surface area contributed by atoms with Gasteiger partial charge in [0.25, 0.3) is 0 Å². The summed E-state index contributed by atoms with van der Waals surface area (Å²) in [6, 6.07) is 0. The van der Waals surface area contributed by atoms with Crippen molar-refractivity contribution in [3.8, 4) is 0 Å². The first-order valence-corrected chi connectivity index (χ1v) is 11.0. The van der Waals surface area contributed by atoms with Crippen LogP contribution in [0.5, 0.6) is 0 Å².